The van der Waals surface area contributed by atoms with Crippen molar-refractivity contribution in [2.45, 2.75) is 13.0 Å². The standard InChI is InChI=1S/C23H25N3O2S/c1-26(16-18-8-3-2-4-9-18)14-7-13-24-23(28)20-10-5-6-11-21(20)25-22(27)19-12-15-29-17-19/h2-6,8-12,15,17H,7,13-14,16H2,1H3,(H,24,28)(H,25,27). The van der Waals surface area contributed by atoms with Crippen molar-refractivity contribution in [1.82, 2.24) is 10.2 Å². The minimum Gasteiger partial charge on any atom is -0.352 e. The van der Waals surface area contributed by atoms with Crippen molar-refractivity contribution < 1.29 is 9.59 Å². The lowest BCUT2D eigenvalue weighted by atomic mass is 10.1. The molecule has 3 aromatic rings. The van der Waals surface area contributed by atoms with Crippen molar-refractivity contribution in [3.05, 3.63) is 88.1 Å². The Balaban J connectivity index is 1.47. The highest BCUT2D eigenvalue weighted by Gasteiger charge is 2.14. The number of hydrogen-bond acceptors (Lipinski definition) is 4. The Bertz CT molecular complexity index is 926. The van der Waals surface area contributed by atoms with Crippen LogP contribution in [0.4, 0.5) is 5.69 Å². The number of carbonyl (C=O) groups is 2. The first-order chi connectivity index (χ1) is 14.1. The normalized spacial score (nSPS) is 10.7. The Hall–Kier alpha value is -2.96. The number of carbonyl (C=O) groups excluding carboxylic acids is 2. The lowest BCUT2D eigenvalue weighted by Gasteiger charge is -2.17. The minimum atomic E-state index is -0.214. The maximum absolute atomic E-state index is 12.6. The molecule has 0 saturated heterocycles. The highest BCUT2D eigenvalue weighted by atomic mass is 32.1. The summed E-state index contributed by atoms with van der Waals surface area (Å²) in [7, 11) is 2.07. The number of para-hydroxylation sites is 1. The van der Waals surface area contributed by atoms with Crippen molar-refractivity contribution in [3.8, 4) is 0 Å². The third kappa shape index (κ3) is 6.27. The van der Waals surface area contributed by atoms with E-state index in [1.54, 1.807) is 35.7 Å². The molecule has 0 saturated carbocycles. The van der Waals surface area contributed by atoms with E-state index in [4.69, 9.17) is 0 Å². The van der Waals surface area contributed by atoms with Crippen molar-refractivity contribution in [2.24, 2.45) is 0 Å². The van der Waals surface area contributed by atoms with Crippen LogP contribution in [0.25, 0.3) is 0 Å². The van der Waals surface area contributed by atoms with Gasteiger partial charge in [0, 0.05) is 18.5 Å². The van der Waals surface area contributed by atoms with Crippen LogP contribution in [0.1, 0.15) is 32.7 Å². The summed E-state index contributed by atoms with van der Waals surface area (Å²) in [5.41, 5.74) is 2.84. The highest BCUT2D eigenvalue weighted by Crippen LogP contribution is 2.17. The van der Waals surface area contributed by atoms with Crippen LogP contribution in [0, 0.1) is 0 Å². The van der Waals surface area contributed by atoms with Crippen molar-refractivity contribution in [2.75, 3.05) is 25.5 Å². The van der Waals surface area contributed by atoms with Gasteiger partial charge in [0.25, 0.3) is 11.8 Å². The van der Waals surface area contributed by atoms with Gasteiger partial charge >= 0.3 is 0 Å². The number of amides is 2. The second-order valence-corrected chi connectivity index (χ2v) is 7.62. The quantitative estimate of drug-likeness (QED) is 0.521. The average Bonchev–Trinajstić information content (AvgIpc) is 3.27. The predicted molar refractivity (Wildman–Crippen MR) is 118 cm³/mol. The van der Waals surface area contributed by atoms with Gasteiger partial charge in [-0.3, -0.25) is 9.59 Å². The van der Waals surface area contributed by atoms with Crippen LogP contribution in [0.2, 0.25) is 0 Å². The molecule has 150 valence electrons. The Labute approximate surface area is 175 Å². The summed E-state index contributed by atoms with van der Waals surface area (Å²) in [6, 6.07) is 19.1. The van der Waals surface area contributed by atoms with Crippen LogP contribution < -0.4 is 10.6 Å². The largest absolute Gasteiger partial charge is 0.352 e. The Kier molecular flexibility index (Phi) is 7.55. The van der Waals surface area contributed by atoms with E-state index < -0.39 is 0 Å². The Morgan fingerprint density at radius 2 is 1.72 bits per heavy atom. The molecule has 2 amide bonds. The van der Waals surface area contributed by atoms with Gasteiger partial charge < -0.3 is 15.5 Å². The minimum absolute atomic E-state index is 0.183. The number of hydrogen-bond donors (Lipinski definition) is 2. The molecule has 1 aromatic heterocycles. The zero-order valence-electron chi connectivity index (χ0n) is 16.4. The topological polar surface area (TPSA) is 61.4 Å². The van der Waals surface area contributed by atoms with E-state index in [9.17, 15) is 9.59 Å². The highest BCUT2D eigenvalue weighted by molar-refractivity contribution is 7.08. The van der Waals surface area contributed by atoms with E-state index in [0.29, 0.717) is 23.4 Å². The smallest absolute Gasteiger partial charge is 0.256 e. The van der Waals surface area contributed by atoms with Crippen LogP contribution in [-0.4, -0.2) is 36.9 Å². The molecule has 0 bridgehead atoms. The number of nitrogens with one attached hydrogen (secondary N) is 2. The molecular weight excluding hydrogens is 382 g/mol. The predicted octanol–water partition coefficient (Wildman–Crippen LogP) is 4.25. The maximum atomic E-state index is 12.6. The number of nitrogens with zero attached hydrogens (tertiary/aromatic N) is 1. The molecule has 6 heteroatoms. The first-order valence-corrected chi connectivity index (χ1v) is 10.5. The Morgan fingerprint density at radius 3 is 2.48 bits per heavy atom. The summed E-state index contributed by atoms with van der Waals surface area (Å²) in [5, 5.41) is 9.41. The zero-order valence-corrected chi connectivity index (χ0v) is 17.2. The molecule has 0 atom stereocenters. The number of rotatable bonds is 9. The van der Waals surface area contributed by atoms with Gasteiger partial charge in [0.2, 0.25) is 0 Å². The fraction of sp³-hybridized carbons (Fsp3) is 0.217. The van der Waals surface area contributed by atoms with E-state index in [1.807, 2.05) is 23.6 Å². The summed E-state index contributed by atoms with van der Waals surface area (Å²) in [4.78, 5) is 27.1. The maximum Gasteiger partial charge on any atom is 0.256 e. The van der Waals surface area contributed by atoms with Gasteiger partial charge in [-0.1, -0.05) is 42.5 Å². The van der Waals surface area contributed by atoms with Gasteiger partial charge in [-0.15, -0.1) is 0 Å². The fourth-order valence-corrected chi connectivity index (χ4v) is 3.63. The first-order valence-electron chi connectivity index (χ1n) is 9.57. The second kappa shape index (κ2) is 10.5. The lowest BCUT2D eigenvalue weighted by molar-refractivity contribution is 0.0952. The molecule has 0 aliphatic heterocycles. The van der Waals surface area contributed by atoms with Gasteiger partial charge in [0.15, 0.2) is 0 Å². The van der Waals surface area contributed by atoms with Crippen LogP contribution >= 0.6 is 11.3 Å². The van der Waals surface area contributed by atoms with Crippen LogP contribution in [-0.2, 0) is 6.54 Å². The monoisotopic (exact) mass is 407 g/mol. The van der Waals surface area contributed by atoms with Gasteiger partial charge in [0.05, 0.1) is 16.8 Å². The lowest BCUT2D eigenvalue weighted by Crippen LogP contribution is -2.29. The van der Waals surface area contributed by atoms with Crippen LogP contribution in [0.5, 0.6) is 0 Å². The van der Waals surface area contributed by atoms with E-state index >= 15 is 0 Å². The summed E-state index contributed by atoms with van der Waals surface area (Å²) in [6.07, 6.45) is 0.846. The summed E-state index contributed by atoms with van der Waals surface area (Å²) in [6.45, 7) is 2.34. The summed E-state index contributed by atoms with van der Waals surface area (Å²) < 4.78 is 0. The third-order valence-electron chi connectivity index (χ3n) is 4.50. The van der Waals surface area contributed by atoms with Crippen LogP contribution in [0.3, 0.4) is 0 Å². The van der Waals surface area contributed by atoms with Crippen molar-refractivity contribution in [1.29, 1.82) is 0 Å². The molecule has 2 N–H and O–H groups in total. The Morgan fingerprint density at radius 1 is 0.966 bits per heavy atom. The van der Waals surface area contributed by atoms with E-state index in [2.05, 4.69) is 34.7 Å². The zero-order chi connectivity index (χ0) is 20.5. The molecule has 0 fully saturated rings. The molecule has 0 aliphatic rings. The average molecular weight is 408 g/mol. The molecule has 2 aromatic carbocycles. The van der Waals surface area contributed by atoms with E-state index in [0.717, 1.165) is 19.5 Å². The molecule has 0 spiro atoms. The number of anilines is 1. The van der Waals surface area contributed by atoms with Gasteiger partial charge in [-0.2, -0.15) is 11.3 Å². The molecular formula is C23H25N3O2S. The number of thiophene rings is 1. The summed E-state index contributed by atoms with van der Waals surface area (Å²) in [5.74, 6) is -0.397. The molecule has 5 nitrogen and oxygen atoms in total. The number of benzene rings is 2. The first kappa shape index (κ1) is 20.8. The van der Waals surface area contributed by atoms with Gasteiger partial charge in [0.1, 0.15) is 0 Å². The molecule has 29 heavy (non-hydrogen) atoms. The molecule has 1 heterocycles. The van der Waals surface area contributed by atoms with Crippen molar-refractivity contribution in [3.63, 3.8) is 0 Å². The SMILES string of the molecule is CN(CCCNC(=O)c1ccccc1NC(=O)c1ccsc1)Cc1ccccc1. The van der Waals surface area contributed by atoms with Gasteiger partial charge in [-0.25, -0.2) is 0 Å². The molecule has 0 unspecified atom stereocenters. The third-order valence-corrected chi connectivity index (χ3v) is 5.18. The van der Waals surface area contributed by atoms with E-state index in [1.165, 1.54) is 16.9 Å². The van der Waals surface area contributed by atoms with Crippen molar-refractivity contribution >= 4 is 28.8 Å². The van der Waals surface area contributed by atoms with Crippen LogP contribution in [0.15, 0.2) is 71.4 Å². The fourth-order valence-electron chi connectivity index (χ4n) is 3.00. The second-order valence-electron chi connectivity index (χ2n) is 6.84. The molecule has 3 rings (SSSR count). The molecule has 0 aliphatic carbocycles. The van der Waals surface area contributed by atoms with E-state index in [-0.39, 0.29) is 11.8 Å². The van der Waals surface area contributed by atoms with Gasteiger partial charge in [-0.05, 0) is 49.2 Å². The summed E-state index contributed by atoms with van der Waals surface area (Å²) >= 11 is 1.46. The molecule has 0 radical (unpaired) electrons.